The summed E-state index contributed by atoms with van der Waals surface area (Å²) in [5, 5.41) is 0. The van der Waals surface area contributed by atoms with Gasteiger partial charge in [-0.25, -0.2) is 3.11 Å². The molecular formula is C21H39IN4. The van der Waals surface area contributed by atoms with Crippen molar-refractivity contribution in [2.45, 2.75) is 64.5 Å². The first kappa shape index (κ1) is 19.9. The summed E-state index contributed by atoms with van der Waals surface area (Å²) in [5.74, 6) is 0.997. The van der Waals surface area contributed by atoms with Crippen LogP contribution >= 0.6 is 22.9 Å². The van der Waals surface area contributed by atoms with Crippen molar-refractivity contribution in [3.05, 3.63) is 0 Å². The second-order valence-corrected chi connectivity index (χ2v) is 11.2. The molecule has 1 spiro atoms. The molecule has 26 heavy (non-hydrogen) atoms. The maximum Gasteiger partial charge on any atom is 0.0201 e. The van der Waals surface area contributed by atoms with Crippen LogP contribution in [0.15, 0.2) is 0 Å². The fraction of sp³-hybridized carbons (Fsp3) is 1.00. The van der Waals surface area contributed by atoms with Gasteiger partial charge in [-0.15, -0.1) is 0 Å². The number of rotatable bonds is 4. The summed E-state index contributed by atoms with van der Waals surface area (Å²) in [6.07, 6.45) is 8.72. The van der Waals surface area contributed by atoms with Gasteiger partial charge in [-0.3, -0.25) is 4.90 Å². The molecule has 0 amide bonds. The highest BCUT2D eigenvalue weighted by atomic mass is 127. The topological polar surface area (TPSA) is 13.0 Å². The van der Waals surface area contributed by atoms with Gasteiger partial charge in [0, 0.05) is 80.8 Å². The Hall–Kier alpha value is 0.570. The lowest BCUT2D eigenvalue weighted by molar-refractivity contribution is -0.0192. The third-order valence-corrected chi connectivity index (χ3v) is 8.85. The minimum absolute atomic E-state index is 0.725. The summed E-state index contributed by atoms with van der Waals surface area (Å²) in [6.45, 7) is 16.6. The van der Waals surface area contributed by atoms with Gasteiger partial charge in [0.2, 0.25) is 0 Å². The molecule has 0 aromatic carbocycles. The van der Waals surface area contributed by atoms with Crippen molar-refractivity contribution in [2.24, 2.45) is 11.3 Å². The third-order valence-electron chi connectivity index (χ3n) is 7.88. The van der Waals surface area contributed by atoms with E-state index in [9.17, 15) is 0 Å². The van der Waals surface area contributed by atoms with Crippen LogP contribution in [-0.4, -0.2) is 88.8 Å². The first-order chi connectivity index (χ1) is 12.5. The lowest BCUT2D eigenvalue weighted by atomic mass is 9.57. The molecule has 4 nitrogen and oxygen atoms in total. The minimum Gasteiger partial charge on any atom is -0.301 e. The van der Waals surface area contributed by atoms with E-state index < -0.39 is 0 Å². The lowest BCUT2D eigenvalue weighted by Crippen LogP contribution is -2.55. The van der Waals surface area contributed by atoms with Gasteiger partial charge in [0.25, 0.3) is 0 Å². The molecule has 0 aromatic rings. The van der Waals surface area contributed by atoms with Gasteiger partial charge >= 0.3 is 0 Å². The van der Waals surface area contributed by atoms with Gasteiger partial charge in [0.05, 0.1) is 0 Å². The van der Waals surface area contributed by atoms with E-state index in [1.165, 1.54) is 97.4 Å². The molecule has 5 heteroatoms. The van der Waals surface area contributed by atoms with Crippen LogP contribution in [0.3, 0.4) is 0 Å². The molecule has 1 aliphatic carbocycles. The van der Waals surface area contributed by atoms with Crippen LogP contribution < -0.4 is 0 Å². The molecule has 4 fully saturated rings. The second kappa shape index (κ2) is 8.52. The Morgan fingerprint density at radius 2 is 1.50 bits per heavy atom. The van der Waals surface area contributed by atoms with Crippen molar-refractivity contribution in [3.63, 3.8) is 0 Å². The van der Waals surface area contributed by atoms with Crippen LogP contribution in [0.2, 0.25) is 0 Å². The minimum atomic E-state index is 0.725. The lowest BCUT2D eigenvalue weighted by Gasteiger charge is -2.53. The van der Waals surface area contributed by atoms with Gasteiger partial charge in [-0.05, 0) is 76.8 Å². The van der Waals surface area contributed by atoms with E-state index >= 15 is 0 Å². The Balaban J connectivity index is 1.14. The van der Waals surface area contributed by atoms with Gasteiger partial charge in [-0.1, -0.05) is 0 Å². The fourth-order valence-corrected chi connectivity index (χ4v) is 6.58. The van der Waals surface area contributed by atoms with Crippen LogP contribution in [0.4, 0.5) is 0 Å². The number of piperidine rings is 2. The van der Waals surface area contributed by atoms with Crippen molar-refractivity contribution in [3.8, 4) is 0 Å². The maximum absolute atomic E-state index is 2.81. The van der Waals surface area contributed by atoms with Crippen LogP contribution in [0, 0.1) is 11.3 Å². The van der Waals surface area contributed by atoms with E-state index in [1.807, 2.05) is 0 Å². The number of halogens is 1. The average Bonchev–Trinajstić information content (AvgIpc) is 2.63. The van der Waals surface area contributed by atoms with E-state index in [1.54, 1.807) is 0 Å². The molecule has 3 heterocycles. The zero-order chi connectivity index (χ0) is 18.1. The van der Waals surface area contributed by atoms with E-state index in [-0.39, 0.29) is 0 Å². The zero-order valence-corrected chi connectivity index (χ0v) is 19.2. The standard InChI is InChI=1S/C21H39IN4/c1-18(2)24-7-3-20(4-8-24)25-13-11-23(12-14-25)17-19-15-21(16-19)5-9-26(22)10-6-21/h18-20H,3-17H2,1-2H3. The Kier molecular flexibility index (Phi) is 6.51. The molecule has 0 N–H and O–H groups in total. The van der Waals surface area contributed by atoms with E-state index in [0.29, 0.717) is 0 Å². The summed E-state index contributed by atoms with van der Waals surface area (Å²) in [7, 11) is 0. The summed E-state index contributed by atoms with van der Waals surface area (Å²) in [4.78, 5) is 8.25. The summed E-state index contributed by atoms with van der Waals surface area (Å²) < 4.78 is 2.49. The number of likely N-dealkylation sites (tertiary alicyclic amines) is 1. The predicted octanol–water partition coefficient (Wildman–Crippen LogP) is 3.32. The van der Waals surface area contributed by atoms with Crippen LogP contribution in [-0.2, 0) is 0 Å². The normalized spacial score (nSPS) is 30.9. The van der Waals surface area contributed by atoms with Crippen LogP contribution in [0.1, 0.15) is 52.4 Å². The second-order valence-electron chi connectivity index (χ2n) is 9.88. The molecule has 3 aliphatic heterocycles. The molecule has 4 aliphatic rings. The highest BCUT2D eigenvalue weighted by Gasteiger charge is 2.45. The number of piperazine rings is 1. The molecule has 0 aromatic heterocycles. The molecule has 4 rings (SSSR count). The highest BCUT2D eigenvalue weighted by molar-refractivity contribution is 14.1. The van der Waals surface area contributed by atoms with E-state index in [2.05, 4.69) is 54.5 Å². The molecule has 0 bridgehead atoms. The van der Waals surface area contributed by atoms with Crippen molar-refractivity contribution in [1.82, 2.24) is 17.8 Å². The Bertz CT molecular complexity index is 439. The van der Waals surface area contributed by atoms with Gasteiger partial charge in [-0.2, -0.15) is 0 Å². The van der Waals surface area contributed by atoms with Crippen molar-refractivity contribution in [1.29, 1.82) is 0 Å². The Morgan fingerprint density at radius 1 is 0.885 bits per heavy atom. The molecular weight excluding hydrogens is 435 g/mol. The van der Waals surface area contributed by atoms with Gasteiger partial charge < -0.3 is 9.80 Å². The quantitative estimate of drug-likeness (QED) is 0.458. The fourth-order valence-electron chi connectivity index (χ4n) is 6.10. The molecule has 3 saturated heterocycles. The van der Waals surface area contributed by atoms with Gasteiger partial charge in [0.15, 0.2) is 0 Å². The molecule has 150 valence electrons. The monoisotopic (exact) mass is 474 g/mol. The molecule has 0 unspecified atom stereocenters. The zero-order valence-electron chi connectivity index (χ0n) is 17.0. The average molecular weight is 474 g/mol. The maximum atomic E-state index is 2.81. The third kappa shape index (κ3) is 4.58. The molecule has 0 radical (unpaired) electrons. The van der Waals surface area contributed by atoms with E-state index in [4.69, 9.17) is 0 Å². The Labute approximate surface area is 175 Å². The Morgan fingerprint density at radius 3 is 2.08 bits per heavy atom. The SMILES string of the molecule is CC(C)N1CCC(N2CCN(CC3CC4(CCN(I)CC4)C3)CC2)CC1. The number of nitrogens with zero attached hydrogens (tertiary/aromatic N) is 4. The van der Waals surface area contributed by atoms with Crippen molar-refractivity contribution < 1.29 is 0 Å². The summed E-state index contributed by atoms with van der Waals surface area (Å²) >= 11 is 2.51. The smallest absolute Gasteiger partial charge is 0.0201 e. The van der Waals surface area contributed by atoms with Crippen LogP contribution in [0.25, 0.3) is 0 Å². The molecule has 1 saturated carbocycles. The number of hydrogen-bond acceptors (Lipinski definition) is 4. The molecule has 0 atom stereocenters. The van der Waals surface area contributed by atoms with Crippen molar-refractivity contribution in [2.75, 3.05) is 58.9 Å². The largest absolute Gasteiger partial charge is 0.301 e. The first-order valence-corrected chi connectivity index (χ1v) is 12.1. The predicted molar refractivity (Wildman–Crippen MR) is 118 cm³/mol. The summed E-state index contributed by atoms with van der Waals surface area (Å²) in [6, 6.07) is 1.58. The van der Waals surface area contributed by atoms with E-state index in [0.717, 1.165) is 23.4 Å². The summed E-state index contributed by atoms with van der Waals surface area (Å²) in [5.41, 5.74) is 0.749. The van der Waals surface area contributed by atoms with Gasteiger partial charge in [0.1, 0.15) is 0 Å². The van der Waals surface area contributed by atoms with Crippen LogP contribution in [0.5, 0.6) is 0 Å². The number of hydrogen-bond donors (Lipinski definition) is 0. The first-order valence-electron chi connectivity index (χ1n) is 11.1. The highest BCUT2D eigenvalue weighted by Crippen LogP contribution is 2.53. The van der Waals surface area contributed by atoms with Crippen molar-refractivity contribution >= 4 is 22.9 Å².